The van der Waals surface area contributed by atoms with Gasteiger partial charge in [-0.05, 0) is 19.4 Å². The van der Waals surface area contributed by atoms with Gasteiger partial charge in [0.2, 0.25) is 0 Å². The highest BCUT2D eigenvalue weighted by Crippen LogP contribution is 2.27. The highest BCUT2D eigenvalue weighted by molar-refractivity contribution is 8.00. The maximum Gasteiger partial charge on any atom is 0.0950 e. The fourth-order valence-corrected chi connectivity index (χ4v) is 3.07. The molecule has 1 fully saturated rings. The van der Waals surface area contributed by atoms with E-state index in [4.69, 9.17) is 4.42 Å². The highest BCUT2D eigenvalue weighted by Gasteiger charge is 2.23. The number of thioether (sulfide) groups is 1. The van der Waals surface area contributed by atoms with E-state index >= 15 is 0 Å². The van der Waals surface area contributed by atoms with E-state index in [0.29, 0.717) is 12.1 Å². The molecule has 2 rings (SSSR count). The first-order valence-corrected chi connectivity index (χ1v) is 6.20. The molecule has 1 aromatic heterocycles. The zero-order valence-corrected chi connectivity index (χ0v) is 9.51. The molecule has 0 saturated carbocycles. The second kappa shape index (κ2) is 4.41. The van der Waals surface area contributed by atoms with Crippen LogP contribution in [0.1, 0.15) is 31.9 Å². The average molecular weight is 211 g/mol. The third-order valence-corrected chi connectivity index (χ3v) is 4.08. The van der Waals surface area contributed by atoms with Gasteiger partial charge < -0.3 is 9.73 Å². The van der Waals surface area contributed by atoms with E-state index in [-0.39, 0.29) is 0 Å². The molecule has 2 nitrogen and oxygen atoms in total. The summed E-state index contributed by atoms with van der Waals surface area (Å²) in [4.78, 5) is 0. The Morgan fingerprint density at radius 3 is 3.07 bits per heavy atom. The van der Waals surface area contributed by atoms with Gasteiger partial charge in [0.15, 0.2) is 0 Å². The summed E-state index contributed by atoms with van der Waals surface area (Å²) in [5.41, 5.74) is 1.24. The van der Waals surface area contributed by atoms with E-state index in [2.05, 4.69) is 30.9 Å². The van der Waals surface area contributed by atoms with Crippen molar-refractivity contribution >= 4 is 11.8 Å². The van der Waals surface area contributed by atoms with Crippen LogP contribution in [0.2, 0.25) is 0 Å². The molecule has 0 aromatic carbocycles. The van der Waals surface area contributed by atoms with Gasteiger partial charge in [-0.2, -0.15) is 11.8 Å². The molecule has 0 radical (unpaired) electrons. The molecule has 0 aliphatic carbocycles. The summed E-state index contributed by atoms with van der Waals surface area (Å²) in [5.74, 6) is 1.24. The SMILES string of the molecule is CC1CC(NC(C)c2ccoc2)CS1. The average Bonchev–Trinajstić information content (AvgIpc) is 2.75. The van der Waals surface area contributed by atoms with Gasteiger partial charge in [0.1, 0.15) is 0 Å². The molecule has 1 aromatic rings. The predicted octanol–water partition coefficient (Wildman–Crippen LogP) is 2.82. The van der Waals surface area contributed by atoms with E-state index in [1.54, 1.807) is 6.26 Å². The first kappa shape index (κ1) is 10.1. The Hall–Kier alpha value is -0.410. The van der Waals surface area contributed by atoms with E-state index in [9.17, 15) is 0 Å². The molecule has 78 valence electrons. The van der Waals surface area contributed by atoms with Crippen LogP contribution in [0.4, 0.5) is 0 Å². The quantitative estimate of drug-likeness (QED) is 0.832. The molecule has 1 aliphatic heterocycles. The van der Waals surface area contributed by atoms with Crippen LogP contribution < -0.4 is 5.32 Å². The van der Waals surface area contributed by atoms with Crippen molar-refractivity contribution < 1.29 is 4.42 Å². The Morgan fingerprint density at radius 1 is 1.64 bits per heavy atom. The molecule has 3 unspecified atom stereocenters. The molecule has 0 bridgehead atoms. The number of rotatable bonds is 3. The molecule has 0 amide bonds. The monoisotopic (exact) mass is 211 g/mol. The van der Waals surface area contributed by atoms with Gasteiger partial charge in [-0.25, -0.2) is 0 Å². The van der Waals surface area contributed by atoms with Crippen molar-refractivity contribution in [2.24, 2.45) is 0 Å². The Morgan fingerprint density at radius 2 is 2.50 bits per heavy atom. The summed E-state index contributed by atoms with van der Waals surface area (Å²) < 4.78 is 5.08. The lowest BCUT2D eigenvalue weighted by Gasteiger charge is -2.17. The molecule has 3 heteroatoms. The summed E-state index contributed by atoms with van der Waals surface area (Å²) in [7, 11) is 0. The minimum Gasteiger partial charge on any atom is -0.472 e. The standard InChI is InChI=1S/C11H17NOS/c1-8-5-11(7-14-8)12-9(2)10-3-4-13-6-10/h3-4,6,8-9,11-12H,5,7H2,1-2H3. The minimum absolute atomic E-state index is 0.407. The number of hydrogen-bond donors (Lipinski definition) is 1. The molecule has 2 heterocycles. The summed E-state index contributed by atoms with van der Waals surface area (Å²) in [6.45, 7) is 4.49. The summed E-state index contributed by atoms with van der Waals surface area (Å²) in [6.07, 6.45) is 4.84. The normalized spacial score (nSPS) is 29.3. The van der Waals surface area contributed by atoms with Crippen LogP contribution >= 0.6 is 11.8 Å². The van der Waals surface area contributed by atoms with Crippen LogP contribution in [-0.2, 0) is 0 Å². The van der Waals surface area contributed by atoms with Crippen molar-refractivity contribution in [2.45, 2.75) is 37.6 Å². The molecular weight excluding hydrogens is 194 g/mol. The number of nitrogens with one attached hydrogen (secondary N) is 1. The third kappa shape index (κ3) is 2.34. The lowest BCUT2D eigenvalue weighted by Crippen LogP contribution is -2.31. The molecule has 0 spiro atoms. The first-order chi connectivity index (χ1) is 6.75. The van der Waals surface area contributed by atoms with E-state index in [1.165, 1.54) is 17.7 Å². The van der Waals surface area contributed by atoms with Gasteiger partial charge in [-0.1, -0.05) is 6.92 Å². The van der Waals surface area contributed by atoms with Crippen LogP contribution in [-0.4, -0.2) is 17.0 Å². The third-order valence-electron chi connectivity index (χ3n) is 2.73. The fraction of sp³-hybridized carbons (Fsp3) is 0.636. The van der Waals surface area contributed by atoms with Gasteiger partial charge in [0, 0.05) is 28.6 Å². The number of furan rings is 1. The molecular formula is C11H17NOS. The van der Waals surface area contributed by atoms with Crippen LogP contribution in [0.15, 0.2) is 23.0 Å². The Labute approximate surface area is 89.4 Å². The number of hydrogen-bond acceptors (Lipinski definition) is 3. The van der Waals surface area contributed by atoms with Crippen molar-refractivity contribution in [3.8, 4) is 0 Å². The van der Waals surface area contributed by atoms with E-state index in [1.807, 2.05) is 12.3 Å². The van der Waals surface area contributed by atoms with E-state index in [0.717, 1.165) is 5.25 Å². The molecule has 1 saturated heterocycles. The Kier molecular flexibility index (Phi) is 3.19. The largest absolute Gasteiger partial charge is 0.472 e. The van der Waals surface area contributed by atoms with Crippen LogP contribution in [0.3, 0.4) is 0 Å². The molecule has 3 atom stereocenters. The van der Waals surface area contributed by atoms with Crippen molar-refractivity contribution in [3.05, 3.63) is 24.2 Å². The second-order valence-electron chi connectivity index (χ2n) is 4.02. The topological polar surface area (TPSA) is 25.2 Å². The molecule has 1 N–H and O–H groups in total. The van der Waals surface area contributed by atoms with E-state index < -0.39 is 0 Å². The van der Waals surface area contributed by atoms with Crippen molar-refractivity contribution in [2.75, 3.05) is 5.75 Å². The summed E-state index contributed by atoms with van der Waals surface area (Å²) >= 11 is 2.06. The van der Waals surface area contributed by atoms with Gasteiger partial charge in [0.25, 0.3) is 0 Å². The molecule has 14 heavy (non-hydrogen) atoms. The second-order valence-corrected chi connectivity index (χ2v) is 5.49. The highest BCUT2D eigenvalue weighted by atomic mass is 32.2. The maximum atomic E-state index is 5.08. The minimum atomic E-state index is 0.407. The first-order valence-electron chi connectivity index (χ1n) is 5.15. The van der Waals surface area contributed by atoms with Crippen LogP contribution in [0.5, 0.6) is 0 Å². The van der Waals surface area contributed by atoms with Crippen molar-refractivity contribution in [1.82, 2.24) is 5.32 Å². The Bertz CT molecular complexity index is 273. The smallest absolute Gasteiger partial charge is 0.0950 e. The molecule has 1 aliphatic rings. The van der Waals surface area contributed by atoms with Gasteiger partial charge >= 0.3 is 0 Å². The van der Waals surface area contributed by atoms with Gasteiger partial charge in [-0.3, -0.25) is 0 Å². The summed E-state index contributed by atoms with van der Waals surface area (Å²) in [5, 5.41) is 4.44. The van der Waals surface area contributed by atoms with Gasteiger partial charge in [-0.15, -0.1) is 0 Å². The fourth-order valence-electron chi connectivity index (χ4n) is 1.90. The van der Waals surface area contributed by atoms with Crippen molar-refractivity contribution in [1.29, 1.82) is 0 Å². The zero-order valence-electron chi connectivity index (χ0n) is 8.69. The van der Waals surface area contributed by atoms with Crippen molar-refractivity contribution in [3.63, 3.8) is 0 Å². The maximum absolute atomic E-state index is 5.08. The van der Waals surface area contributed by atoms with Crippen LogP contribution in [0, 0.1) is 0 Å². The van der Waals surface area contributed by atoms with Gasteiger partial charge in [0.05, 0.1) is 12.5 Å². The Balaban J connectivity index is 1.86. The van der Waals surface area contributed by atoms with Crippen LogP contribution in [0.25, 0.3) is 0 Å². The lowest BCUT2D eigenvalue weighted by atomic mass is 10.1. The lowest BCUT2D eigenvalue weighted by molar-refractivity contribution is 0.469. The summed E-state index contributed by atoms with van der Waals surface area (Å²) in [6, 6.07) is 3.10. The predicted molar refractivity (Wildman–Crippen MR) is 60.6 cm³/mol. The zero-order chi connectivity index (χ0) is 9.97.